The van der Waals surface area contributed by atoms with E-state index in [4.69, 9.17) is 0 Å². The maximum Gasteiger partial charge on any atom is 0.226 e. The molecule has 1 N–H and O–H groups in total. The molecule has 2 amide bonds. The number of amides is 2. The van der Waals surface area contributed by atoms with Gasteiger partial charge in [-0.2, -0.15) is 0 Å². The average molecular weight is 374 g/mol. The summed E-state index contributed by atoms with van der Waals surface area (Å²) in [5.74, 6) is 0.310. The van der Waals surface area contributed by atoms with Crippen molar-refractivity contribution in [3.8, 4) is 0 Å². The number of carbonyl (C=O) groups excluding carboxylic acids is 2. The van der Waals surface area contributed by atoms with E-state index in [-0.39, 0.29) is 11.8 Å². The molecule has 150 valence electrons. The molecule has 0 spiro atoms. The second-order valence-corrected chi connectivity index (χ2v) is 7.72. The number of hydrogen-bond acceptors (Lipinski definition) is 3. The first kappa shape index (κ1) is 21.3. The van der Waals surface area contributed by atoms with Crippen molar-refractivity contribution in [1.29, 1.82) is 0 Å². The zero-order valence-corrected chi connectivity index (χ0v) is 17.2. The van der Waals surface area contributed by atoms with Gasteiger partial charge in [0.05, 0.1) is 0 Å². The zero-order chi connectivity index (χ0) is 19.6. The van der Waals surface area contributed by atoms with Crippen LogP contribution < -0.4 is 10.2 Å². The number of hydrogen-bond donors (Lipinski definition) is 1. The summed E-state index contributed by atoms with van der Waals surface area (Å²) in [7, 11) is 0. The summed E-state index contributed by atoms with van der Waals surface area (Å²) in [5.41, 5.74) is 1.97. The van der Waals surface area contributed by atoms with Crippen LogP contribution in [0.25, 0.3) is 0 Å². The van der Waals surface area contributed by atoms with Crippen LogP contribution in [0, 0.1) is 5.92 Å². The van der Waals surface area contributed by atoms with E-state index in [1.807, 2.05) is 43.0 Å². The molecule has 2 rings (SSSR count). The summed E-state index contributed by atoms with van der Waals surface area (Å²) < 4.78 is 0. The van der Waals surface area contributed by atoms with Gasteiger partial charge in [-0.1, -0.05) is 46.5 Å². The molecule has 1 aliphatic rings. The van der Waals surface area contributed by atoms with E-state index in [0.717, 1.165) is 44.0 Å². The fraction of sp³-hybridized carbons (Fsp3) is 0.636. The molecule has 1 aromatic carbocycles. The molecule has 0 bridgehead atoms. The van der Waals surface area contributed by atoms with Crippen LogP contribution in [0.1, 0.15) is 59.3 Å². The molecule has 0 aromatic heterocycles. The Labute approximate surface area is 164 Å². The van der Waals surface area contributed by atoms with E-state index in [1.165, 1.54) is 25.7 Å². The molecule has 0 saturated carbocycles. The van der Waals surface area contributed by atoms with Crippen molar-refractivity contribution < 1.29 is 9.59 Å². The molecule has 0 atom stereocenters. The number of rotatable bonds is 9. The number of nitrogens with zero attached hydrogens (tertiary/aromatic N) is 2. The molecule has 1 heterocycles. The van der Waals surface area contributed by atoms with Gasteiger partial charge in [-0.25, -0.2) is 0 Å². The van der Waals surface area contributed by atoms with Crippen molar-refractivity contribution in [2.45, 2.75) is 59.3 Å². The van der Waals surface area contributed by atoms with E-state index in [2.05, 4.69) is 17.1 Å². The SMILES string of the molecule is CCCCCCCC(=O)N1CCN(c2ccc(NC(=O)C(C)C)cc2)CC1. The average Bonchev–Trinajstić information content (AvgIpc) is 2.68. The highest BCUT2D eigenvalue weighted by Gasteiger charge is 2.21. The van der Waals surface area contributed by atoms with Crippen LogP contribution in [0.3, 0.4) is 0 Å². The lowest BCUT2D eigenvalue weighted by Gasteiger charge is -2.36. The highest BCUT2D eigenvalue weighted by atomic mass is 16.2. The van der Waals surface area contributed by atoms with Gasteiger partial charge in [0, 0.05) is 49.9 Å². The first-order valence-corrected chi connectivity index (χ1v) is 10.4. The van der Waals surface area contributed by atoms with Gasteiger partial charge in [0.25, 0.3) is 0 Å². The minimum atomic E-state index is -0.0260. The van der Waals surface area contributed by atoms with Crippen molar-refractivity contribution in [1.82, 2.24) is 4.90 Å². The Morgan fingerprint density at radius 1 is 0.963 bits per heavy atom. The van der Waals surface area contributed by atoms with E-state index >= 15 is 0 Å². The number of anilines is 2. The van der Waals surface area contributed by atoms with Crippen molar-refractivity contribution >= 4 is 23.2 Å². The summed E-state index contributed by atoms with van der Waals surface area (Å²) in [6, 6.07) is 7.98. The van der Waals surface area contributed by atoms with Gasteiger partial charge in [-0.05, 0) is 30.7 Å². The van der Waals surface area contributed by atoms with Crippen molar-refractivity contribution in [3.05, 3.63) is 24.3 Å². The van der Waals surface area contributed by atoms with Gasteiger partial charge in [0.2, 0.25) is 11.8 Å². The van der Waals surface area contributed by atoms with E-state index < -0.39 is 0 Å². The van der Waals surface area contributed by atoms with Crippen LogP contribution in [0.4, 0.5) is 11.4 Å². The maximum absolute atomic E-state index is 12.3. The molecule has 1 aromatic rings. The Morgan fingerprint density at radius 3 is 2.19 bits per heavy atom. The van der Waals surface area contributed by atoms with Crippen molar-refractivity contribution in [3.63, 3.8) is 0 Å². The number of piperazine rings is 1. The van der Waals surface area contributed by atoms with Crippen molar-refractivity contribution in [2.75, 3.05) is 36.4 Å². The third kappa shape index (κ3) is 6.89. The fourth-order valence-corrected chi connectivity index (χ4v) is 3.29. The highest BCUT2D eigenvalue weighted by molar-refractivity contribution is 5.92. The predicted molar refractivity (Wildman–Crippen MR) is 112 cm³/mol. The summed E-state index contributed by atoms with van der Waals surface area (Å²) in [4.78, 5) is 28.4. The largest absolute Gasteiger partial charge is 0.368 e. The smallest absolute Gasteiger partial charge is 0.226 e. The molecule has 0 radical (unpaired) electrons. The fourth-order valence-electron chi connectivity index (χ4n) is 3.29. The lowest BCUT2D eigenvalue weighted by molar-refractivity contribution is -0.131. The number of unbranched alkanes of at least 4 members (excludes halogenated alkanes) is 4. The second-order valence-electron chi connectivity index (χ2n) is 7.72. The zero-order valence-electron chi connectivity index (χ0n) is 17.2. The Morgan fingerprint density at radius 2 is 1.59 bits per heavy atom. The molecular formula is C22H35N3O2. The normalized spacial score (nSPS) is 14.5. The lowest BCUT2D eigenvalue weighted by Crippen LogP contribution is -2.48. The lowest BCUT2D eigenvalue weighted by atomic mass is 10.1. The molecule has 1 saturated heterocycles. The summed E-state index contributed by atoms with van der Waals surface area (Å²) in [6.45, 7) is 9.28. The number of benzene rings is 1. The van der Waals surface area contributed by atoms with E-state index in [0.29, 0.717) is 12.3 Å². The molecule has 5 nitrogen and oxygen atoms in total. The van der Waals surface area contributed by atoms with Crippen LogP contribution in [0.15, 0.2) is 24.3 Å². The van der Waals surface area contributed by atoms with E-state index in [9.17, 15) is 9.59 Å². The number of nitrogens with one attached hydrogen (secondary N) is 1. The molecule has 5 heteroatoms. The van der Waals surface area contributed by atoms with Crippen LogP contribution in [-0.4, -0.2) is 42.9 Å². The summed E-state index contributed by atoms with van der Waals surface area (Å²) >= 11 is 0. The van der Waals surface area contributed by atoms with Gasteiger partial charge in [-0.15, -0.1) is 0 Å². The van der Waals surface area contributed by atoms with Gasteiger partial charge in [-0.3, -0.25) is 9.59 Å². The van der Waals surface area contributed by atoms with Crippen LogP contribution in [0.5, 0.6) is 0 Å². The monoisotopic (exact) mass is 373 g/mol. The third-order valence-corrected chi connectivity index (χ3v) is 5.15. The van der Waals surface area contributed by atoms with Crippen molar-refractivity contribution in [2.24, 2.45) is 5.92 Å². The number of carbonyl (C=O) groups is 2. The van der Waals surface area contributed by atoms with Gasteiger partial charge >= 0.3 is 0 Å². The summed E-state index contributed by atoms with van der Waals surface area (Å²) in [6.07, 6.45) is 6.62. The Bertz CT molecular complexity index is 590. The minimum Gasteiger partial charge on any atom is -0.368 e. The molecule has 1 aliphatic heterocycles. The molecule has 27 heavy (non-hydrogen) atoms. The summed E-state index contributed by atoms with van der Waals surface area (Å²) in [5, 5.41) is 2.92. The van der Waals surface area contributed by atoms with Gasteiger partial charge in [0.15, 0.2) is 0 Å². The maximum atomic E-state index is 12.3. The van der Waals surface area contributed by atoms with Crippen LogP contribution >= 0.6 is 0 Å². The standard InChI is InChI=1S/C22H35N3O2/c1-4-5-6-7-8-9-21(26)25-16-14-24(15-17-25)20-12-10-19(11-13-20)23-22(27)18(2)3/h10-13,18H,4-9,14-17H2,1-3H3,(H,23,27). The highest BCUT2D eigenvalue weighted by Crippen LogP contribution is 2.20. The Hall–Kier alpha value is -2.04. The molecule has 0 unspecified atom stereocenters. The third-order valence-electron chi connectivity index (χ3n) is 5.15. The predicted octanol–water partition coefficient (Wildman–Crippen LogP) is 4.29. The molecule has 1 fully saturated rings. The topological polar surface area (TPSA) is 52.7 Å². The Kier molecular flexibility index (Phi) is 8.62. The first-order valence-electron chi connectivity index (χ1n) is 10.4. The Balaban J connectivity index is 1.75. The minimum absolute atomic E-state index is 0.0260. The van der Waals surface area contributed by atoms with Gasteiger partial charge in [0.1, 0.15) is 0 Å². The van der Waals surface area contributed by atoms with Gasteiger partial charge < -0.3 is 15.1 Å². The van der Waals surface area contributed by atoms with Crippen LogP contribution in [0.2, 0.25) is 0 Å². The van der Waals surface area contributed by atoms with E-state index in [1.54, 1.807) is 0 Å². The molecular weight excluding hydrogens is 338 g/mol. The second kappa shape index (κ2) is 11.0. The first-order chi connectivity index (χ1) is 13.0. The quantitative estimate of drug-likeness (QED) is 0.657. The van der Waals surface area contributed by atoms with Crippen LogP contribution in [-0.2, 0) is 9.59 Å². The molecule has 0 aliphatic carbocycles.